The number of nitrogens with one attached hydrogen (secondary N) is 1. The van der Waals surface area contributed by atoms with Crippen LogP contribution in [0.25, 0.3) is 0 Å². The fourth-order valence-electron chi connectivity index (χ4n) is 1.42. The third-order valence-corrected chi connectivity index (χ3v) is 2.35. The van der Waals surface area contributed by atoms with Gasteiger partial charge in [0.15, 0.2) is 5.82 Å². The van der Waals surface area contributed by atoms with Crippen molar-refractivity contribution in [3.8, 4) is 0 Å². The zero-order chi connectivity index (χ0) is 14.0. The van der Waals surface area contributed by atoms with Crippen LogP contribution in [0.5, 0.6) is 0 Å². The van der Waals surface area contributed by atoms with Crippen LogP contribution in [-0.4, -0.2) is 16.1 Å². The van der Waals surface area contributed by atoms with E-state index in [2.05, 4.69) is 10.3 Å². The molecule has 0 aliphatic carbocycles. The summed E-state index contributed by atoms with van der Waals surface area (Å²) < 4.78 is 26.4. The van der Waals surface area contributed by atoms with E-state index in [0.29, 0.717) is 0 Å². The summed E-state index contributed by atoms with van der Waals surface area (Å²) in [6.45, 7) is 0. The number of nitrogens with two attached hydrogens (primary N) is 1. The molecule has 4 N–H and O–H groups in total. The Morgan fingerprint density at radius 1 is 1.32 bits per heavy atom. The number of hydrogen-bond acceptors (Lipinski definition) is 4. The molecule has 0 spiro atoms. The van der Waals surface area contributed by atoms with Crippen LogP contribution in [0.3, 0.4) is 0 Å². The number of aromatic carboxylic acids is 1. The fourth-order valence-corrected chi connectivity index (χ4v) is 1.42. The summed E-state index contributed by atoms with van der Waals surface area (Å²) in [5, 5.41) is 11.2. The normalized spacial score (nSPS) is 10.2. The lowest BCUT2D eigenvalue weighted by Gasteiger charge is -2.09. The Morgan fingerprint density at radius 2 is 2.05 bits per heavy atom. The molecule has 0 fully saturated rings. The number of carboxylic acid groups (broad SMARTS) is 1. The number of aromatic nitrogens is 1. The topological polar surface area (TPSA) is 88.2 Å². The number of nitrogens with zero attached hydrogens (tertiary/aromatic N) is 1. The molecular formula is C12H9F2N3O2. The van der Waals surface area contributed by atoms with Gasteiger partial charge in [-0.1, -0.05) is 0 Å². The number of carboxylic acids is 1. The highest BCUT2D eigenvalue weighted by atomic mass is 19.1. The van der Waals surface area contributed by atoms with Gasteiger partial charge in [-0.25, -0.2) is 18.6 Å². The summed E-state index contributed by atoms with van der Waals surface area (Å²) in [6.07, 6.45) is 1.07. The summed E-state index contributed by atoms with van der Waals surface area (Å²) in [5.74, 6) is -2.42. The Morgan fingerprint density at radius 3 is 2.68 bits per heavy atom. The molecule has 0 aliphatic rings. The second-order valence-corrected chi connectivity index (χ2v) is 3.72. The smallest absolute Gasteiger partial charge is 0.337 e. The molecule has 1 aromatic heterocycles. The highest BCUT2D eigenvalue weighted by molar-refractivity contribution is 5.89. The number of hydrogen-bond donors (Lipinski definition) is 3. The van der Waals surface area contributed by atoms with E-state index in [-0.39, 0.29) is 22.8 Å². The van der Waals surface area contributed by atoms with Gasteiger partial charge < -0.3 is 16.2 Å². The van der Waals surface area contributed by atoms with Crippen molar-refractivity contribution in [2.24, 2.45) is 0 Å². The Labute approximate surface area is 106 Å². The highest BCUT2D eigenvalue weighted by Crippen LogP contribution is 2.24. The van der Waals surface area contributed by atoms with Crippen LogP contribution in [0.1, 0.15) is 10.4 Å². The van der Waals surface area contributed by atoms with Gasteiger partial charge >= 0.3 is 5.97 Å². The molecular weight excluding hydrogens is 256 g/mol. The van der Waals surface area contributed by atoms with Gasteiger partial charge in [-0.2, -0.15) is 0 Å². The van der Waals surface area contributed by atoms with Crippen molar-refractivity contribution < 1.29 is 18.7 Å². The second-order valence-electron chi connectivity index (χ2n) is 3.72. The number of halogens is 2. The maximum absolute atomic E-state index is 13.4. The first-order chi connectivity index (χ1) is 8.97. The molecule has 0 saturated heterocycles. The average Bonchev–Trinajstić information content (AvgIpc) is 2.36. The lowest BCUT2D eigenvalue weighted by Crippen LogP contribution is -2.04. The summed E-state index contributed by atoms with van der Waals surface area (Å²) in [6, 6.07) is 4.06. The quantitative estimate of drug-likeness (QED) is 0.793. The van der Waals surface area contributed by atoms with E-state index in [1.807, 2.05) is 0 Å². The standard InChI is InChI=1S/C12H9F2N3O2/c13-7-1-2-8(14)10(4-7)17-11-9(15)3-6(5-16-11)12(18)19/h1-5H,15H2,(H,16,17)(H,18,19). The minimum atomic E-state index is -1.18. The number of carbonyl (C=O) groups is 1. The minimum absolute atomic E-state index is 0.0172. The summed E-state index contributed by atoms with van der Waals surface area (Å²) >= 11 is 0. The van der Waals surface area contributed by atoms with Gasteiger partial charge in [-0.3, -0.25) is 0 Å². The SMILES string of the molecule is Nc1cc(C(=O)O)cnc1Nc1cc(F)ccc1F. The summed E-state index contributed by atoms with van der Waals surface area (Å²) in [4.78, 5) is 14.5. The molecule has 1 heterocycles. The molecule has 19 heavy (non-hydrogen) atoms. The molecule has 98 valence electrons. The van der Waals surface area contributed by atoms with Gasteiger partial charge in [0.2, 0.25) is 0 Å². The third-order valence-electron chi connectivity index (χ3n) is 2.35. The van der Waals surface area contributed by atoms with Crippen molar-refractivity contribution in [3.05, 3.63) is 47.7 Å². The molecule has 7 heteroatoms. The molecule has 0 aliphatic heterocycles. The number of benzene rings is 1. The first-order valence-corrected chi connectivity index (χ1v) is 5.18. The molecule has 1 aromatic carbocycles. The van der Waals surface area contributed by atoms with Gasteiger partial charge in [0, 0.05) is 12.3 Å². The van der Waals surface area contributed by atoms with Crippen LogP contribution >= 0.6 is 0 Å². The van der Waals surface area contributed by atoms with Gasteiger partial charge in [-0.05, 0) is 18.2 Å². The maximum atomic E-state index is 13.4. The van der Waals surface area contributed by atoms with E-state index in [1.54, 1.807) is 0 Å². The molecule has 5 nitrogen and oxygen atoms in total. The molecule has 2 aromatic rings. The van der Waals surface area contributed by atoms with Crippen LogP contribution in [0.2, 0.25) is 0 Å². The largest absolute Gasteiger partial charge is 0.478 e. The van der Waals surface area contributed by atoms with Crippen LogP contribution in [-0.2, 0) is 0 Å². The lowest BCUT2D eigenvalue weighted by molar-refractivity contribution is 0.0696. The van der Waals surface area contributed by atoms with E-state index in [1.165, 1.54) is 6.07 Å². The van der Waals surface area contributed by atoms with Crippen molar-refractivity contribution in [3.63, 3.8) is 0 Å². The maximum Gasteiger partial charge on any atom is 0.337 e. The molecule has 0 saturated carbocycles. The molecule has 0 unspecified atom stereocenters. The van der Waals surface area contributed by atoms with Gasteiger partial charge in [0.05, 0.1) is 16.9 Å². The molecule has 0 atom stereocenters. The van der Waals surface area contributed by atoms with Gasteiger partial charge in [-0.15, -0.1) is 0 Å². The number of rotatable bonds is 3. The predicted octanol–water partition coefficient (Wildman–Crippen LogP) is 2.38. The number of nitrogen functional groups attached to an aromatic ring is 1. The highest BCUT2D eigenvalue weighted by Gasteiger charge is 2.10. The third kappa shape index (κ3) is 2.76. The van der Waals surface area contributed by atoms with Crippen LogP contribution in [0.15, 0.2) is 30.5 Å². The first kappa shape index (κ1) is 12.7. The van der Waals surface area contributed by atoms with E-state index >= 15 is 0 Å². The second kappa shape index (κ2) is 4.89. The van der Waals surface area contributed by atoms with E-state index in [4.69, 9.17) is 10.8 Å². The average molecular weight is 265 g/mol. The Bertz CT molecular complexity index is 647. The van der Waals surface area contributed by atoms with Crippen LogP contribution in [0.4, 0.5) is 26.0 Å². The summed E-state index contributed by atoms with van der Waals surface area (Å²) in [7, 11) is 0. The zero-order valence-electron chi connectivity index (χ0n) is 9.52. The van der Waals surface area contributed by atoms with Crippen molar-refractivity contribution in [1.82, 2.24) is 4.98 Å². The van der Waals surface area contributed by atoms with Crippen molar-refractivity contribution in [2.75, 3.05) is 11.1 Å². The number of pyridine rings is 1. The van der Waals surface area contributed by atoms with Crippen molar-refractivity contribution in [1.29, 1.82) is 0 Å². The predicted molar refractivity (Wildman–Crippen MR) is 65.2 cm³/mol. The first-order valence-electron chi connectivity index (χ1n) is 5.18. The monoisotopic (exact) mass is 265 g/mol. The van der Waals surface area contributed by atoms with Crippen molar-refractivity contribution in [2.45, 2.75) is 0 Å². The van der Waals surface area contributed by atoms with E-state index < -0.39 is 17.6 Å². The molecule has 0 bridgehead atoms. The molecule has 0 radical (unpaired) electrons. The zero-order valence-corrected chi connectivity index (χ0v) is 9.52. The van der Waals surface area contributed by atoms with Crippen molar-refractivity contribution >= 4 is 23.2 Å². The van der Waals surface area contributed by atoms with Gasteiger partial charge in [0.1, 0.15) is 11.6 Å². The fraction of sp³-hybridized carbons (Fsp3) is 0. The summed E-state index contributed by atoms with van der Waals surface area (Å²) in [5.41, 5.74) is 5.38. The van der Waals surface area contributed by atoms with E-state index in [9.17, 15) is 13.6 Å². The Balaban J connectivity index is 2.33. The minimum Gasteiger partial charge on any atom is -0.478 e. The Kier molecular flexibility index (Phi) is 3.28. The molecule has 2 rings (SSSR count). The number of anilines is 3. The van der Waals surface area contributed by atoms with Crippen LogP contribution in [0, 0.1) is 11.6 Å². The van der Waals surface area contributed by atoms with Crippen LogP contribution < -0.4 is 11.1 Å². The Hall–Kier alpha value is -2.70. The molecule has 0 amide bonds. The lowest BCUT2D eigenvalue weighted by atomic mass is 10.2. The van der Waals surface area contributed by atoms with Gasteiger partial charge in [0.25, 0.3) is 0 Å². The van der Waals surface area contributed by atoms with E-state index in [0.717, 1.165) is 24.4 Å².